The number of anilines is 1. The Morgan fingerprint density at radius 3 is 2.59 bits per heavy atom. The fraction of sp³-hybridized carbons (Fsp3) is 0.529. The van der Waals surface area contributed by atoms with Crippen LogP contribution in [0.25, 0.3) is 0 Å². The number of amides is 2. The Hall–Kier alpha value is -1.36. The van der Waals surface area contributed by atoms with Crippen LogP contribution in [0.3, 0.4) is 0 Å². The van der Waals surface area contributed by atoms with Gasteiger partial charge in [-0.25, -0.2) is 0 Å². The van der Waals surface area contributed by atoms with E-state index in [1.807, 2.05) is 49.9 Å². The largest absolute Gasteiger partial charge is 0.341 e. The van der Waals surface area contributed by atoms with Crippen molar-refractivity contribution in [3.63, 3.8) is 0 Å². The van der Waals surface area contributed by atoms with Crippen molar-refractivity contribution in [3.8, 4) is 0 Å². The topological polar surface area (TPSA) is 49.4 Å². The second-order valence-corrected chi connectivity index (χ2v) is 7.66. The van der Waals surface area contributed by atoms with Crippen molar-refractivity contribution in [3.05, 3.63) is 28.7 Å². The van der Waals surface area contributed by atoms with Gasteiger partial charge in [0.1, 0.15) is 0 Å². The summed E-state index contributed by atoms with van der Waals surface area (Å²) in [4.78, 5) is 26.7. The molecule has 1 aliphatic rings. The average Bonchev–Trinajstić information content (AvgIpc) is 2.48. The molecule has 0 radical (unpaired) electrons. The molecular formula is C17H23BrN2O2. The fourth-order valence-electron chi connectivity index (χ4n) is 2.65. The van der Waals surface area contributed by atoms with E-state index in [9.17, 15) is 9.59 Å². The first-order valence-electron chi connectivity index (χ1n) is 7.64. The lowest BCUT2D eigenvalue weighted by Crippen LogP contribution is -2.47. The molecule has 0 aromatic heterocycles. The number of benzene rings is 1. The van der Waals surface area contributed by atoms with Gasteiger partial charge >= 0.3 is 0 Å². The first kappa shape index (κ1) is 17.0. The van der Waals surface area contributed by atoms with Crippen LogP contribution in [0.5, 0.6) is 0 Å². The number of carbonyl (C=O) groups excluding carboxylic acids is 2. The smallest absolute Gasteiger partial charge is 0.229 e. The molecule has 4 nitrogen and oxygen atoms in total. The van der Waals surface area contributed by atoms with Gasteiger partial charge in [-0.2, -0.15) is 0 Å². The van der Waals surface area contributed by atoms with Crippen molar-refractivity contribution in [2.45, 2.75) is 33.6 Å². The zero-order valence-electron chi connectivity index (χ0n) is 13.4. The van der Waals surface area contributed by atoms with E-state index in [0.717, 1.165) is 29.5 Å². The van der Waals surface area contributed by atoms with Crippen LogP contribution in [0.15, 0.2) is 28.7 Å². The number of piperidine rings is 1. The predicted octanol–water partition coefficient (Wildman–Crippen LogP) is 3.67. The summed E-state index contributed by atoms with van der Waals surface area (Å²) in [6, 6.07) is 7.55. The fourth-order valence-corrected chi connectivity index (χ4v) is 3.03. The molecule has 0 aliphatic carbocycles. The second-order valence-electron chi connectivity index (χ2n) is 6.81. The highest BCUT2D eigenvalue weighted by atomic mass is 79.9. The number of hydrogen-bond acceptors (Lipinski definition) is 2. The molecule has 5 heteroatoms. The first-order valence-corrected chi connectivity index (χ1v) is 8.43. The van der Waals surface area contributed by atoms with E-state index >= 15 is 0 Å². The van der Waals surface area contributed by atoms with Gasteiger partial charge in [0.25, 0.3) is 0 Å². The third-order valence-electron chi connectivity index (χ3n) is 3.85. The Kier molecular flexibility index (Phi) is 5.27. The third kappa shape index (κ3) is 4.09. The lowest BCUT2D eigenvalue weighted by Gasteiger charge is -2.35. The van der Waals surface area contributed by atoms with Crippen molar-refractivity contribution >= 4 is 33.4 Å². The summed E-state index contributed by atoms with van der Waals surface area (Å²) in [7, 11) is 0. The van der Waals surface area contributed by atoms with Crippen LogP contribution in [0.2, 0.25) is 0 Å². The summed E-state index contributed by atoms with van der Waals surface area (Å²) in [6.07, 6.45) is 1.69. The Labute approximate surface area is 140 Å². The molecule has 120 valence electrons. The van der Waals surface area contributed by atoms with Gasteiger partial charge in [0.05, 0.1) is 11.6 Å². The van der Waals surface area contributed by atoms with Crippen molar-refractivity contribution < 1.29 is 9.59 Å². The number of para-hydroxylation sites is 1. The quantitative estimate of drug-likeness (QED) is 0.867. The molecule has 1 heterocycles. The van der Waals surface area contributed by atoms with Gasteiger partial charge in [0, 0.05) is 23.0 Å². The zero-order chi connectivity index (χ0) is 16.3. The monoisotopic (exact) mass is 366 g/mol. The van der Waals surface area contributed by atoms with Crippen LogP contribution >= 0.6 is 15.9 Å². The van der Waals surface area contributed by atoms with Gasteiger partial charge in [-0.3, -0.25) is 9.59 Å². The Morgan fingerprint density at radius 2 is 1.95 bits per heavy atom. The SMILES string of the molecule is CC(C)(C)C(=O)N1CCCC(C(=O)Nc2ccccc2Br)C1. The minimum atomic E-state index is -0.402. The highest BCUT2D eigenvalue weighted by Crippen LogP contribution is 2.26. The molecule has 0 bridgehead atoms. The van der Waals surface area contributed by atoms with Gasteiger partial charge in [0.2, 0.25) is 11.8 Å². The number of rotatable bonds is 2. The maximum atomic E-state index is 12.5. The molecule has 1 N–H and O–H groups in total. The third-order valence-corrected chi connectivity index (χ3v) is 4.54. The van der Waals surface area contributed by atoms with Crippen molar-refractivity contribution in [2.75, 3.05) is 18.4 Å². The standard InChI is InChI=1S/C17H23BrN2O2/c1-17(2,3)16(22)20-10-6-7-12(11-20)15(21)19-14-9-5-4-8-13(14)18/h4-5,8-9,12H,6-7,10-11H2,1-3H3,(H,19,21). The van der Waals surface area contributed by atoms with E-state index in [-0.39, 0.29) is 17.7 Å². The van der Waals surface area contributed by atoms with Crippen LogP contribution in [0, 0.1) is 11.3 Å². The predicted molar refractivity (Wildman–Crippen MR) is 91.5 cm³/mol. The van der Waals surface area contributed by atoms with Crippen molar-refractivity contribution in [2.24, 2.45) is 11.3 Å². The first-order chi connectivity index (χ1) is 10.3. The molecule has 1 aromatic carbocycles. The van der Waals surface area contributed by atoms with E-state index in [0.29, 0.717) is 6.54 Å². The summed E-state index contributed by atoms with van der Waals surface area (Å²) < 4.78 is 0.863. The summed E-state index contributed by atoms with van der Waals surface area (Å²) in [5, 5.41) is 2.95. The van der Waals surface area contributed by atoms with Crippen molar-refractivity contribution in [1.29, 1.82) is 0 Å². The molecule has 1 aromatic rings. The minimum absolute atomic E-state index is 0.0155. The lowest BCUT2D eigenvalue weighted by molar-refractivity contribution is -0.142. The molecule has 0 spiro atoms. The van der Waals surface area contributed by atoms with E-state index < -0.39 is 5.41 Å². The molecule has 1 unspecified atom stereocenters. The Morgan fingerprint density at radius 1 is 1.27 bits per heavy atom. The summed E-state index contributed by atoms with van der Waals surface area (Å²) >= 11 is 3.43. The van der Waals surface area contributed by atoms with Crippen LogP contribution in [-0.2, 0) is 9.59 Å². The number of carbonyl (C=O) groups is 2. The number of nitrogens with one attached hydrogen (secondary N) is 1. The zero-order valence-corrected chi connectivity index (χ0v) is 14.9. The van der Waals surface area contributed by atoms with Crippen molar-refractivity contribution in [1.82, 2.24) is 4.90 Å². The van der Waals surface area contributed by atoms with E-state index in [1.54, 1.807) is 0 Å². The van der Waals surface area contributed by atoms with Crippen LogP contribution in [0.4, 0.5) is 5.69 Å². The molecule has 22 heavy (non-hydrogen) atoms. The molecule has 2 amide bonds. The Bertz CT molecular complexity index is 566. The molecule has 1 atom stereocenters. The van der Waals surface area contributed by atoms with Crippen LogP contribution in [-0.4, -0.2) is 29.8 Å². The van der Waals surface area contributed by atoms with E-state index in [1.165, 1.54) is 0 Å². The van der Waals surface area contributed by atoms with Gasteiger partial charge in [-0.1, -0.05) is 32.9 Å². The summed E-state index contributed by atoms with van der Waals surface area (Å²) in [5.74, 6) is -0.0450. The van der Waals surface area contributed by atoms with Gasteiger partial charge in [-0.15, -0.1) is 0 Å². The summed E-state index contributed by atoms with van der Waals surface area (Å²) in [6.45, 7) is 7.00. The molecule has 2 rings (SSSR count). The van der Waals surface area contributed by atoms with E-state index in [4.69, 9.17) is 0 Å². The molecule has 0 saturated carbocycles. The van der Waals surface area contributed by atoms with Gasteiger partial charge in [-0.05, 0) is 40.9 Å². The molecule has 1 saturated heterocycles. The average molecular weight is 367 g/mol. The van der Waals surface area contributed by atoms with Crippen LogP contribution in [0.1, 0.15) is 33.6 Å². The Balaban J connectivity index is 2.02. The number of likely N-dealkylation sites (tertiary alicyclic amines) is 1. The number of nitrogens with zero attached hydrogens (tertiary/aromatic N) is 1. The van der Waals surface area contributed by atoms with E-state index in [2.05, 4.69) is 21.2 Å². The van der Waals surface area contributed by atoms with Crippen LogP contribution < -0.4 is 5.32 Å². The van der Waals surface area contributed by atoms with Gasteiger partial charge in [0.15, 0.2) is 0 Å². The molecular weight excluding hydrogens is 344 g/mol. The minimum Gasteiger partial charge on any atom is -0.341 e. The highest BCUT2D eigenvalue weighted by molar-refractivity contribution is 9.10. The molecule has 1 fully saturated rings. The second kappa shape index (κ2) is 6.82. The normalized spacial score (nSPS) is 18.9. The maximum absolute atomic E-state index is 12.5. The number of halogens is 1. The summed E-state index contributed by atoms with van der Waals surface area (Å²) in [5.41, 5.74) is 0.368. The highest BCUT2D eigenvalue weighted by Gasteiger charge is 2.33. The van der Waals surface area contributed by atoms with Gasteiger partial charge < -0.3 is 10.2 Å². The number of hydrogen-bond donors (Lipinski definition) is 1. The maximum Gasteiger partial charge on any atom is 0.229 e. The molecule has 1 aliphatic heterocycles. The lowest BCUT2D eigenvalue weighted by atomic mass is 9.91.